The molecule has 2 aromatic carbocycles. The fourth-order valence-electron chi connectivity index (χ4n) is 3.58. The van der Waals surface area contributed by atoms with E-state index in [0.717, 1.165) is 39.1 Å². The minimum absolute atomic E-state index is 0.153. The number of nitrogens with zero attached hydrogens (tertiary/aromatic N) is 4. The van der Waals surface area contributed by atoms with Crippen LogP contribution in [0.25, 0.3) is 11.3 Å². The number of aryl methyl sites for hydroxylation is 1. The Morgan fingerprint density at radius 2 is 1.91 bits per heavy atom. The molecule has 0 atom stereocenters. The summed E-state index contributed by atoms with van der Waals surface area (Å²) in [6.45, 7) is 7.33. The van der Waals surface area contributed by atoms with Gasteiger partial charge in [-0.1, -0.05) is 19.9 Å². The maximum atomic E-state index is 12.3. The van der Waals surface area contributed by atoms with Crippen molar-refractivity contribution in [1.29, 1.82) is 0 Å². The SMILES string of the molecule is COc1cccc(N(N)C(=O)N(C)N)c1COc1ccc(-c2ccnn2CC(C)C)cc1C. The van der Waals surface area contributed by atoms with Crippen LogP contribution in [0, 0.1) is 12.8 Å². The molecule has 0 radical (unpaired) electrons. The summed E-state index contributed by atoms with van der Waals surface area (Å²) >= 11 is 0. The van der Waals surface area contributed by atoms with Gasteiger partial charge < -0.3 is 9.47 Å². The van der Waals surface area contributed by atoms with Gasteiger partial charge in [0.05, 0.1) is 24.1 Å². The number of urea groups is 1. The van der Waals surface area contributed by atoms with Gasteiger partial charge in [0.1, 0.15) is 18.1 Å². The van der Waals surface area contributed by atoms with Gasteiger partial charge in [-0.25, -0.2) is 21.5 Å². The zero-order chi connectivity index (χ0) is 24.1. The molecular weight excluding hydrogens is 420 g/mol. The first-order valence-corrected chi connectivity index (χ1v) is 10.7. The van der Waals surface area contributed by atoms with Crippen LogP contribution in [0.3, 0.4) is 0 Å². The third-order valence-electron chi connectivity index (χ3n) is 5.19. The Kier molecular flexibility index (Phi) is 7.57. The first kappa shape index (κ1) is 24.1. The van der Waals surface area contributed by atoms with E-state index in [9.17, 15) is 4.79 Å². The largest absolute Gasteiger partial charge is 0.496 e. The maximum absolute atomic E-state index is 12.3. The van der Waals surface area contributed by atoms with E-state index in [2.05, 4.69) is 25.0 Å². The van der Waals surface area contributed by atoms with E-state index in [-0.39, 0.29) is 6.61 Å². The number of aromatic nitrogens is 2. The van der Waals surface area contributed by atoms with Crippen LogP contribution in [0.15, 0.2) is 48.7 Å². The molecule has 3 aromatic rings. The molecule has 9 nitrogen and oxygen atoms in total. The zero-order valence-corrected chi connectivity index (χ0v) is 19.8. The predicted molar refractivity (Wildman–Crippen MR) is 129 cm³/mol. The van der Waals surface area contributed by atoms with E-state index in [1.54, 1.807) is 25.3 Å². The predicted octanol–water partition coefficient (Wildman–Crippen LogP) is 3.71. The normalized spacial score (nSPS) is 10.9. The second-order valence-electron chi connectivity index (χ2n) is 8.28. The monoisotopic (exact) mass is 452 g/mol. The van der Waals surface area contributed by atoms with E-state index >= 15 is 0 Å². The summed E-state index contributed by atoms with van der Waals surface area (Å²) in [7, 11) is 2.98. The van der Waals surface area contributed by atoms with Gasteiger partial charge in [-0.05, 0) is 54.8 Å². The highest BCUT2D eigenvalue weighted by molar-refractivity contribution is 5.91. The number of rotatable bonds is 8. The molecule has 3 rings (SSSR count). The van der Waals surface area contributed by atoms with Gasteiger partial charge in [0.15, 0.2) is 0 Å². The molecule has 4 N–H and O–H groups in total. The number of ether oxygens (including phenoxy) is 2. The quantitative estimate of drug-likeness (QED) is 0.306. The van der Waals surface area contributed by atoms with E-state index in [4.69, 9.17) is 21.2 Å². The lowest BCUT2D eigenvalue weighted by molar-refractivity contribution is 0.216. The number of amides is 2. The molecule has 0 aliphatic heterocycles. The number of carbonyl (C=O) groups is 1. The summed E-state index contributed by atoms with van der Waals surface area (Å²) in [5.41, 5.74) is 4.19. The third kappa shape index (κ3) is 5.44. The van der Waals surface area contributed by atoms with Crippen molar-refractivity contribution in [1.82, 2.24) is 14.8 Å². The average molecular weight is 453 g/mol. The lowest BCUT2D eigenvalue weighted by atomic mass is 10.1. The van der Waals surface area contributed by atoms with Crippen LogP contribution < -0.4 is 26.2 Å². The molecule has 1 heterocycles. The molecule has 1 aromatic heterocycles. The molecule has 9 heteroatoms. The first-order chi connectivity index (χ1) is 15.7. The van der Waals surface area contributed by atoms with Crippen molar-refractivity contribution in [3.8, 4) is 22.8 Å². The summed E-state index contributed by atoms with van der Waals surface area (Å²) in [4.78, 5) is 12.3. The van der Waals surface area contributed by atoms with Crippen molar-refractivity contribution >= 4 is 11.7 Å². The van der Waals surface area contributed by atoms with Crippen LogP contribution >= 0.6 is 0 Å². The summed E-state index contributed by atoms with van der Waals surface area (Å²) in [6, 6.07) is 12.7. The summed E-state index contributed by atoms with van der Waals surface area (Å²) in [5, 5.41) is 6.34. The van der Waals surface area contributed by atoms with Crippen LogP contribution in [0.5, 0.6) is 11.5 Å². The molecule has 176 valence electrons. The van der Waals surface area contributed by atoms with Crippen molar-refractivity contribution in [2.45, 2.75) is 33.9 Å². The standard InChI is InChI=1S/C24H32N6O3/c1-16(2)14-29-20(11-12-27-29)18-9-10-22(17(3)13-18)33-15-19-21(7-6-8-23(19)32-5)30(26)24(31)28(4)25/h6-13,16H,14-15,25-26H2,1-5H3. The number of anilines is 1. The average Bonchev–Trinajstić information content (AvgIpc) is 3.24. The Bertz CT molecular complexity index is 1110. The first-order valence-electron chi connectivity index (χ1n) is 10.7. The van der Waals surface area contributed by atoms with E-state index in [1.165, 1.54) is 7.05 Å². The van der Waals surface area contributed by atoms with Crippen molar-refractivity contribution in [3.63, 3.8) is 0 Å². The van der Waals surface area contributed by atoms with Crippen LogP contribution in [0.4, 0.5) is 10.5 Å². The zero-order valence-electron chi connectivity index (χ0n) is 19.8. The molecule has 0 fully saturated rings. The molecule has 2 amide bonds. The highest BCUT2D eigenvalue weighted by Gasteiger charge is 2.21. The van der Waals surface area contributed by atoms with Crippen LogP contribution in [0.2, 0.25) is 0 Å². The van der Waals surface area contributed by atoms with Crippen molar-refractivity contribution in [2.75, 3.05) is 19.2 Å². The van der Waals surface area contributed by atoms with Gasteiger partial charge in [0.2, 0.25) is 0 Å². The van der Waals surface area contributed by atoms with Gasteiger partial charge in [0, 0.05) is 25.4 Å². The minimum atomic E-state index is -0.567. The molecule has 0 aliphatic carbocycles. The molecule has 0 saturated carbocycles. The molecule has 33 heavy (non-hydrogen) atoms. The van der Waals surface area contributed by atoms with E-state index in [1.807, 2.05) is 36.0 Å². The summed E-state index contributed by atoms with van der Waals surface area (Å²) in [5.74, 6) is 13.4. The van der Waals surface area contributed by atoms with Gasteiger partial charge in [-0.15, -0.1) is 0 Å². The minimum Gasteiger partial charge on any atom is -0.496 e. The van der Waals surface area contributed by atoms with Crippen LogP contribution in [0.1, 0.15) is 25.0 Å². The van der Waals surface area contributed by atoms with Gasteiger partial charge in [0.25, 0.3) is 0 Å². The van der Waals surface area contributed by atoms with Crippen molar-refractivity contribution in [2.24, 2.45) is 17.6 Å². The number of hydrazine groups is 2. The smallest absolute Gasteiger partial charge is 0.352 e. The fraction of sp³-hybridized carbons (Fsp3) is 0.333. The van der Waals surface area contributed by atoms with Gasteiger partial charge in [-0.2, -0.15) is 5.10 Å². The number of hydrogen-bond donors (Lipinski definition) is 2. The Labute approximate surface area is 194 Å². The molecule has 0 bridgehead atoms. The summed E-state index contributed by atoms with van der Waals surface area (Å²) in [6.07, 6.45) is 1.82. The number of carbonyl (C=O) groups excluding carboxylic acids is 1. The lowest BCUT2D eigenvalue weighted by Crippen LogP contribution is -2.49. The molecule has 0 unspecified atom stereocenters. The maximum Gasteiger partial charge on any atom is 0.352 e. The Hall–Kier alpha value is -3.56. The topological polar surface area (TPSA) is 112 Å². The molecule has 0 saturated heterocycles. The number of nitrogens with two attached hydrogens (primary N) is 2. The number of benzene rings is 2. The van der Waals surface area contributed by atoms with Crippen molar-refractivity contribution < 1.29 is 14.3 Å². The van der Waals surface area contributed by atoms with Gasteiger partial charge >= 0.3 is 6.03 Å². The van der Waals surface area contributed by atoms with Crippen LogP contribution in [-0.4, -0.2) is 35.0 Å². The second kappa shape index (κ2) is 10.4. The molecule has 0 spiro atoms. The second-order valence-corrected chi connectivity index (χ2v) is 8.28. The highest BCUT2D eigenvalue weighted by atomic mass is 16.5. The van der Waals surface area contributed by atoms with E-state index in [0.29, 0.717) is 22.9 Å². The fourth-order valence-corrected chi connectivity index (χ4v) is 3.58. The Balaban J connectivity index is 1.85. The lowest BCUT2D eigenvalue weighted by Gasteiger charge is -2.24. The van der Waals surface area contributed by atoms with Crippen LogP contribution in [-0.2, 0) is 13.2 Å². The number of methoxy groups -OCH3 is 1. The highest BCUT2D eigenvalue weighted by Crippen LogP contribution is 2.32. The summed E-state index contributed by atoms with van der Waals surface area (Å²) < 4.78 is 13.6. The Morgan fingerprint density at radius 3 is 2.55 bits per heavy atom. The molecular formula is C24H32N6O3. The third-order valence-corrected chi connectivity index (χ3v) is 5.19. The number of hydrogen-bond acceptors (Lipinski definition) is 6. The van der Waals surface area contributed by atoms with Crippen molar-refractivity contribution in [3.05, 3.63) is 59.8 Å². The Morgan fingerprint density at radius 1 is 1.15 bits per heavy atom. The van der Waals surface area contributed by atoms with E-state index < -0.39 is 6.03 Å². The molecule has 0 aliphatic rings. The van der Waals surface area contributed by atoms with Gasteiger partial charge in [-0.3, -0.25) is 9.69 Å².